The largest absolute Gasteiger partial charge is 0.457 e. The highest BCUT2D eigenvalue weighted by atomic mass is 32.2. The molecule has 0 amide bonds. The highest BCUT2D eigenvalue weighted by Gasteiger charge is 2.70. The SMILES string of the molecule is CSCSC(=O)[C@@]1(OC(=O)c2ccco2)CCC2[C@@H]3CCC4=CC([NH2+]c5ccc(F)cc5)=C(C=N)C[C@]4(C)C3[C@@H](O)C[C@@]21C. The van der Waals surface area contributed by atoms with Gasteiger partial charge in [0.05, 0.1) is 12.4 Å². The lowest BCUT2D eigenvalue weighted by Gasteiger charge is -2.60. The molecule has 4 aliphatic rings. The van der Waals surface area contributed by atoms with Gasteiger partial charge in [0.2, 0.25) is 10.9 Å². The molecule has 7 atom stereocenters. The van der Waals surface area contributed by atoms with E-state index in [0.717, 1.165) is 36.2 Å². The Morgan fingerprint density at radius 1 is 1.23 bits per heavy atom. The Balaban J connectivity index is 1.32. The molecule has 234 valence electrons. The Kier molecular flexibility index (Phi) is 8.49. The van der Waals surface area contributed by atoms with E-state index in [9.17, 15) is 19.1 Å². The summed E-state index contributed by atoms with van der Waals surface area (Å²) in [5, 5.41) is 22.8. The van der Waals surface area contributed by atoms with Crippen molar-refractivity contribution < 1.29 is 33.6 Å². The zero-order valence-corrected chi connectivity index (χ0v) is 26.9. The number of quaternary nitrogens is 1. The molecule has 44 heavy (non-hydrogen) atoms. The molecule has 4 aliphatic carbocycles. The molecule has 1 heterocycles. The third kappa shape index (κ3) is 5.02. The summed E-state index contributed by atoms with van der Waals surface area (Å²) >= 11 is 2.74. The lowest BCUT2D eigenvalue weighted by molar-refractivity contribution is -0.513. The van der Waals surface area contributed by atoms with Crippen LogP contribution in [-0.4, -0.2) is 45.5 Å². The summed E-state index contributed by atoms with van der Waals surface area (Å²) in [6.07, 6.45) is 10.0. The third-order valence-electron chi connectivity index (χ3n) is 11.0. The molecule has 3 saturated carbocycles. The van der Waals surface area contributed by atoms with E-state index in [4.69, 9.17) is 14.6 Å². The molecule has 4 N–H and O–H groups in total. The molecular weight excluding hydrogens is 600 g/mol. The second-order valence-electron chi connectivity index (χ2n) is 13.2. The van der Waals surface area contributed by atoms with Crippen LogP contribution in [0.25, 0.3) is 0 Å². The van der Waals surface area contributed by atoms with E-state index in [1.165, 1.54) is 41.9 Å². The van der Waals surface area contributed by atoms with Crippen LogP contribution in [-0.2, 0) is 9.53 Å². The fourth-order valence-electron chi connectivity index (χ4n) is 9.09. The normalized spacial score (nSPS) is 34.4. The number of nitrogens with one attached hydrogen (secondary N) is 1. The van der Waals surface area contributed by atoms with Crippen LogP contribution in [0.1, 0.15) is 62.9 Å². The minimum atomic E-state index is -1.37. The van der Waals surface area contributed by atoms with Crippen LogP contribution in [0.2, 0.25) is 0 Å². The van der Waals surface area contributed by atoms with Crippen LogP contribution in [0.15, 0.2) is 70.0 Å². The van der Waals surface area contributed by atoms with Gasteiger partial charge in [-0.05, 0) is 98.3 Å². The minimum absolute atomic E-state index is 0.0616. The Morgan fingerprint density at radius 2 is 2.00 bits per heavy atom. The van der Waals surface area contributed by atoms with Crippen molar-refractivity contribution in [1.82, 2.24) is 0 Å². The van der Waals surface area contributed by atoms with Crippen molar-refractivity contribution in [2.24, 2.45) is 28.6 Å². The van der Waals surface area contributed by atoms with Crippen molar-refractivity contribution in [3.8, 4) is 0 Å². The molecule has 6 rings (SSSR count). The number of aliphatic hydroxyl groups is 1. The molecule has 10 heteroatoms. The first kappa shape index (κ1) is 31.3. The summed E-state index contributed by atoms with van der Waals surface area (Å²) in [7, 11) is 0. The quantitative estimate of drug-likeness (QED) is 0.136. The monoisotopic (exact) mass is 639 g/mol. The van der Waals surface area contributed by atoms with Crippen molar-refractivity contribution >= 4 is 46.5 Å². The maximum Gasteiger partial charge on any atom is 0.375 e. The Hall–Kier alpha value is -2.66. The lowest BCUT2D eigenvalue weighted by Crippen LogP contribution is -2.76. The number of aliphatic hydroxyl groups excluding tert-OH is 1. The average Bonchev–Trinajstić information content (AvgIpc) is 3.64. The topological polar surface area (TPSA) is 117 Å². The molecule has 7 nitrogen and oxygen atoms in total. The third-order valence-corrected chi connectivity index (χ3v) is 13.0. The van der Waals surface area contributed by atoms with E-state index in [1.54, 1.807) is 36.0 Å². The Labute approximate surface area is 266 Å². The number of nitrogens with two attached hydrogens (primary N) is 1. The number of carbonyl (C=O) groups excluding carboxylic acids is 2. The highest BCUT2D eigenvalue weighted by molar-refractivity contribution is 8.23. The fraction of sp³-hybridized carbons (Fsp3) is 0.500. The van der Waals surface area contributed by atoms with Crippen LogP contribution in [0.3, 0.4) is 0 Å². The molecule has 0 aliphatic heterocycles. The summed E-state index contributed by atoms with van der Waals surface area (Å²) in [5.41, 5.74) is 1.51. The maximum atomic E-state index is 14.0. The molecule has 2 aromatic rings. The molecule has 0 spiro atoms. The number of furan rings is 1. The van der Waals surface area contributed by atoms with Gasteiger partial charge >= 0.3 is 5.97 Å². The lowest BCUT2D eigenvalue weighted by atomic mass is 9.45. The summed E-state index contributed by atoms with van der Waals surface area (Å²) in [6, 6.07) is 9.53. The smallest absolute Gasteiger partial charge is 0.375 e. The van der Waals surface area contributed by atoms with E-state index in [2.05, 4.69) is 13.0 Å². The zero-order valence-electron chi connectivity index (χ0n) is 25.3. The van der Waals surface area contributed by atoms with Crippen LogP contribution in [0.5, 0.6) is 0 Å². The summed E-state index contributed by atoms with van der Waals surface area (Å²) in [4.78, 5) is 27.3. The van der Waals surface area contributed by atoms with Gasteiger partial charge in [0.25, 0.3) is 0 Å². The van der Waals surface area contributed by atoms with E-state index in [0.29, 0.717) is 24.3 Å². The molecule has 0 saturated heterocycles. The molecule has 3 fully saturated rings. The summed E-state index contributed by atoms with van der Waals surface area (Å²) < 4.78 is 25.1. The van der Waals surface area contributed by atoms with E-state index in [-0.39, 0.29) is 39.9 Å². The van der Waals surface area contributed by atoms with Gasteiger partial charge in [0, 0.05) is 34.4 Å². The number of carbonyl (C=O) groups is 2. The van der Waals surface area contributed by atoms with Gasteiger partial charge in [-0.3, -0.25) is 10.1 Å². The zero-order chi connectivity index (χ0) is 31.3. The highest BCUT2D eigenvalue weighted by Crippen LogP contribution is 2.69. The number of ether oxygens (including phenoxy) is 1. The van der Waals surface area contributed by atoms with Gasteiger partial charge < -0.3 is 19.7 Å². The number of hydrogen-bond donors (Lipinski definition) is 3. The van der Waals surface area contributed by atoms with Gasteiger partial charge in [-0.15, -0.1) is 0 Å². The second-order valence-corrected chi connectivity index (χ2v) is 15.4. The standard InChI is InChI=1S/C34H39FN2O5S2/c1-32-16-20(18-36)26(37-23-9-7-22(35)8-10-23)15-21(32)6-11-24-25-12-13-34(31(40)44-19-43-3,33(25,2)17-27(38)29(24)32)42-30(39)28-5-4-14-41-28/h4-5,7-10,14-15,18,24-25,27,29,36-38H,6,11-13,16-17,19H2,1-3H3/p+1/t24-,25?,27-,29?,32-,33-,34-/m0/s1. The number of esters is 1. The van der Waals surface area contributed by atoms with E-state index in [1.807, 2.05) is 18.5 Å². The van der Waals surface area contributed by atoms with Crippen molar-refractivity contribution in [3.05, 3.63) is 77.2 Å². The number of hydrogen-bond acceptors (Lipinski definition) is 8. The van der Waals surface area contributed by atoms with Gasteiger partial charge in [-0.25, -0.2) is 9.18 Å². The van der Waals surface area contributed by atoms with Crippen molar-refractivity contribution in [1.29, 1.82) is 5.41 Å². The molecular formula is C34H40FN2O5S2+. The van der Waals surface area contributed by atoms with Crippen LogP contribution < -0.4 is 5.32 Å². The second kappa shape index (κ2) is 11.9. The number of thioether (sulfide) groups is 2. The Morgan fingerprint density at radius 3 is 2.68 bits per heavy atom. The summed E-state index contributed by atoms with van der Waals surface area (Å²) in [5.74, 6) is -0.723. The molecule has 0 radical (unpaired) electrons. The first-order valence-corrected chi connectivity index (χ1v) is 17.6. The van der Waals surface area contributed by atoms with Crippen molar-refractivity contribution in [2.45, 2.75) is 64.1 Å². The van der Waals surface area contributed by atoms with Crippen molar-refractivity contribution in [3.63, 3.8) is 0 Å². The number of halogens is 1. The van der Waals surface area contributed by atoms with Gasteiger partial charge in [0.1, 0.15) is 17.2 Å². The number of allylic oxidation sites excluding steroid dienone is 3. The maximum absolute atomic E-state index is 14.0. The first-order valence-electron chi connectivity index (χ1n) is 15.2. The Bertz CT molecular complexity index is 1510. The van der Waals surface area contributed by atoms with Gasteiger partial charge in [-0.2, -0.15) is 11.8 Å². The summed E-state index contributed by atoms with van der Waals surface area (Å²) in [6.45, 7) is 4.27. The minimum Gasteiger partial charge on any atom is -0.457 e. The van der Waals surface area contributed by atoms with Gasteiger partial charge in [0.15, 0.2) is 5.60 Å². The fourth-order valence-corrected chi connectivity index (χ4v) is 10.6. The van der Waals surface area contributed by atoms with Crippen LogP contribution in [0.4, 0.5) is 10.1 Å². The van der Waals surface area contributed by atoms with Crippen LogP contribution >= 0.6 is 23.5 Å². The van der Waals surface area contributed by atoms with Gasteiger partial charge in [-0.1, -0.05) is 31.2 Å². The first-order chi connectivity index (χ1) is 21.1. The molecule has 0 bridgehead atoms. The molecule has 2 unspecified atom stereocenters. The van der Waals surface area contributed by atoms with Crippen LogP contribution in [0, 0.1) is 39.8 Å². The van der Waals surface area contributed by atoms with E-state index >= 15 is 0 Å². The molecule has 1 aromatic carbocycles. The van der Waals surface area contributed by atoms with Crippen molar-refractivity contribution in [2.75, 3.05) is 11.3 Å². The predicted molar refractivity (Wildman–Crippen MR) is 170 cm³/mol. The number of fused-ring (bicyclic) bond motifs is 5. The predicted octanol–water partition coefficient (Wildman–Crippen LogP) is 6.24. The average molecular weight is 640 g/mol. The number of rotatable bonds is 8. The van der Waals surface area contributed by atoms with E-state index < -0.39 is 23.1 Å². The number of benzene rings is 1. The molecule has 1 aromatic heterocycles.